The molecule has 0 aromatic heterocycles. The summed E-state index contributed by atoms with van der Waals surface area (Å²) in [4.78, 5) is 11.5. The maximum Gasteiger partial charge on any atom is 0.411 e. The fourth-order valence-corrected chi connectivity index (χ4v) is 1.61. The molecule has 7 heteroatoms. The van der Waals surface area contributed by atoms with Crippen LogP contribution in [0, 0.1) is 0 Å². The summed E-state index contributed by atoms with van der Waals surface area (Å²) < 4.78 is 5.69. The number of nitrogens with one attached hydrogen (secondary N) is 1. The van der Waals surface area contributed by atoms with Crippen molar-refractivity contribution in [2.75, 3.05) is 5.32 Å². The van der Waals surface area contributed by atoms with Gasteiger partial charge in [0, 0.05) is 10.0 Å². The number of halogens is 1. The zero-order chi connectivity index (χ0) is 13.7. The molecule has 98 valence electrons. The first-order chi connectivity index (χ1) is 8.43. The third kappa shape index (κ3) is 3.92. The normalized spacial score (nSPS) is 11.4. The molecule has 0 heterocycles. The van der Waals surface area contributed by atoms with E-state index >= 15 is 0 Å². The SMILES string of the molecule is CC(C)OC(=O)Nc1ccc(Br)cc1/C(N)=N/O. The van der Waals surface area contributed by atoms with Crippen molar-refractivity contribution >= 4 is 33.5 Å². The van der Waals surface area contributed by atoms with Gasteiger partial charge >= 0.3 is 6.09 Å². The minimum atomic E-state index is -0.598. The second-order valence-corrected chi connectivity index (χ2v) is 4.67. The van der Waals surface area contributed by atoms with Gasteiger partial charge in [-0.3, -0.25) is 5.32 Å². The average Bonchev–Trinajstić information content (AvgIpc) is 2.29. The number of carbonyl (C=O) groups is 1. The van der Waals surface area contributed by atoms with Crippen LogP contribution in [-0.2, 0) is 4.74 Å². The summed E-state index contributed by atoms with van der Waals surface area (Å²) >= 11 is 3.26. The number of amidine groups is 1. The van der Waals surface area contributed by atoms with E-state index < -0.39 is 6.09 Å². The van der Waals surface area contributed by atoms with Gasteiger partial charge in [0.05, 0.1) is 11.8 Å². The van der Waals surface area contributed by atoms with E-state index in [2.05, 4.69) is 26.4 Å². The molecule has 0 atom stereocenters. The molecule has 0 saturated carbocycles. The highest BCUT2D eigenvalue weighted by atomic mass is 79.9. The molecule has 0 unspecified atom stereocenters. The highest BCUT2D eigenvalue weighted by Gasteiger charge is 2.12. The van der Waals surface area contributed by atoms with Crippen molar-refractivity contribution in [3.63, 3.8) is 0 Å². The lowest BCUT2D eigenvalue weighted by Gasteiger charge is -2.12. The van der Waals surface area contributed by atoms with E-state index in [1.165, 1.54) is 0 Å². The second kappa shape index (κ2) is 6.25. The van der Waals surface area contributed by atoms with Crippen LogP contribution in [0.1, 0.15) is 19.4 Å². The molecule has 6 nitrogen and oxygen atoms in total. The zero-order valence-corrected chi connectivity index (χ0v) is 11.6. The van der Waals surface area contributed by atoms with Crippen molar-refractivity contribution in [3.05, 3.63) is 28.2 Å². The van der Waals surface area contributed by atoms with E-state index in [0.29, 0.717) is 11.3 Å². The maximum atomic E-state index is 11.5. The molecule has 0 aliphatic carbocycles. The van der Waals surface area contributed by atoms with Crippen LogP contribution < -0.4 is 11.1 Å². The molecule has 1 aromatic carbocycles. The van der Waals surface area contributed by atoms with Gasteiger partial charge in [0.15, 0.2) is 5.84 Å². The van der Waals surface area contributed by atoms with Gasteiger partial charge in [0.2, 0.25) is 0 Å². The van der Waals surface area contributed by atoms with Crippen molar-refractivity contribution in [1.29, 1.82) is 0 Å². The predicted octanol–water partition coefficient (Wildman–Crippen LogP) is 2.50. The van der Waals surface area contributed by atoms with Gasteiger partial charge in [0.25, 0.3) is 0 Å². The summed E-state index contributed by atoms with van der Waals surface area (Å²) in [6.07, 6.45) is -0.827. The Morgan fingerprint density at radius 3 is 2.78 bits per heavy atom. The predicted molar refractivity (Wildman–Crippen MR) is 71.9 cm³/mol. The molecule has 1 amide bonds. The average molecular weight is 316 g/mol. The highest BCUT2D eigenvalue weighted by Crippen LogP contribution is 2.21. The molecule has 18 heavy (non-hydrogen) atoms. The van der Waals surface area contributed by atoms with Gasteiger partial charge in [0.1, 0.15) is 0 Å². The van der Waals surface area contributed by atoms with Crippen LogP contribution in [0.25, 0.3) is 0 Å². The molecule has 1 rings (SSSR count). The number of nitrogens with zero attached hydrogens (tertiary/aromatic N) is 1. The number of anilines is 1. The Morgan fingerprint density at radius 1 is 1.56 bits per heavy atom. The molecule has 0 aliphatic heterocycles. The molecular weight excluding hydrogens is 302 g/mol. The van der Waals surface area contributed by atoms with E-state index in [-0.39, 0.29) is 11.9 Å². The van der Waals surface area contributed by atoms with Crippen LogP contribution in [0.3, 0.4) is 0 Å². The van der Waals surface area contributed by atoms with E-state index in [1.807, 2.05) is 0 Å². The second-order valence-electron chi connectivity index (χ2n) is 3.75. The molecule has 0 radical (unpaired) electrons. The zero-order valence-electron chi connectivity index (χ0n) is 9.98. The first-order valence-electron chi connectivity index (χ1n) is 5.19. The van der Waals surface area contributed by atoms with Crippen LogP contribution in [0.5, 0.6) is 0 Å². The minimum Gasteiger partial charge on any atom is -0.447 e. The van der Waals surface area contributed by atoms with Gasteiger partial charge in [-0.2, -0.15) is 0 Å². The van der Waals surface area contributed by atoms with Crippen molar-refractivity contribution < 1.29 is 14.7 Å². The Kier molecular flexibility index (Phi) is 4.96. The van der Waals surface area contributed by atoms with Crippen molar-refractivity contribution in [2.45, 2.75) is 20.0 Å². The molecule has 4 N–H and O–H groups in total. The quantitative estimate of drug-likeness (QED) is 0.345. The smallest absolute Gasteiger partial charge is 0.411 e. The Bertz CT molecular complexity index is 475. The lowest BCUT2D eigenvalue weighted by molar-refractivity contribution is 0.130. The van der Waals surface area contributed by atoms with Crippen LogP contribution in [0.2, 0.25) is 0 Å². The largest absolute Gasteiger partial charge is 0.447 e. The molecule has 0 saturated heterocycles. The molecule has 0 aliphatic rings. The van der Waals surface area contributed by atoms with Crippen molar-refractivity contribution in [1.82, 2.24) is 0 Å². The number of ether oxygens (including phenoxy) is 1. The lowest BCUT2D eigenvalue weighted by Crippen LogP contribution is -2.21. The first-order valence-corrected chi connectivity index (χ1v) is 5.98. The monoisotopic (exact) mass is 315 g/mol. The van der Waals surface area contributed by atoms with Crippen LogP contribution in [0.4, 0.5) is 10.5 Å². The fourth-order valence-electron chi connectivity index (χ4n) is 1.24. The number of rotatable bonds is 3. The van der Waals surface area contributed by atoms with E-state index in [1.54, 1.807) is 32.0 Å². The summed E-state index contributed by atoms with van der Waals surface area (Å²) in [7, 11) is 0. The van der Waals surface area contributed by atoms with Gasteiger partial charge < -0.3 is 15.7 Å². The Balaban J connectivity index is 2.98. The van der Waals surface area contributed by atoms with E-state index in [0.717, 1.165) is 4.47 Å². The number of hydrogen-bond donors (Lipinski definition) is 3. The standard InChI is InChI=1S/C11H14BrN3O3/c1-6(2)18-11(16)14-9-4-3-7(12)5-8(9)10(13)15-17/h3-6,17H,1-2H3,(H2,13,15)(H,14,16). The maximum absolute atomic E-state index is 11.5. The first kappa shape index (κ1) is 14.3. The van der Waals surface area contributed by atoms with Gasteiger partial charge in [-0.05, 0) is 32.0 Å². The van der Waals surface area contributed by atoms with Crippen LogP contribution in [0.15, 0.2) is 27.8 Å². The van der Waals surface area contributed by atoms with Gasteiger partial charge in [-0.25, -0.2) is 4.79 Å². The Morgan fingerprint density at radius 2 is 2.22 bits per heavy atom. The third-order valence-corrected chi connectivity index (χ3v) is 2.44. The molecule has 0 spiro atoms. The number of benzene rings is 1. The number of carbonyl (C=O) groups excluding carboxylic acids is 1. The molecular formula is C11H14BrN3O3. The van der Waals surface area contributed by atoms with Crippen LogP contribution in [-0.4, -0.2) is 23.2 Å². The number of amides is 1. The molecule has 0 bridgehead atoms. The Labute approximate surface area is 113 Å². The summed E-state index contributed by atoms with van der Waals surface area (Å²) in [5.74, 6) is -0.101. The fraction of sp³-hybridized carbons (Fsp3) is 0.273. The van der Waals surface area contributed by atoms with E-state index in [9.17, 15) is 4.79 Å². The number of nitrogens with two attached hydrogens (primary N) is 1. The minimum absolute atomic E-state index is 0.101. The van der Waals surface area contributed by atoms with Gasteiger partial charge in [-0.15, -0.1) is 0 Å². The number of hydrogen-bond acceptors (Lipinski definition) is 4. The summed E-state index contributed by atoms with van der Waals surface area (Å²) in [6, 6.07) is 4.97. The Hall–Kier alpha value is -1.76. The third-order valence-electron chi connectivity index (χ3n) is 1.94. The lowest BCUT2D eigenvalue weighted by atomic mass is 10.1. The van der Waals surface area contributed by atoms with E-state index in [4.69, 9.17) is 15.7 Å². The molecule has 1 aromatic rings. The van der Waals surface area contributed by atoms with Crippen LogP contribution >= 0.6 is 15.9 Å². The number of oxime groups is 1. The van der Waals surface area contributed by atoms with Crippen molar-refractivity contribution in [3.8, 4) is 0 Å². The summed E-state index contributed by atoms with van der Waals surface area (Å²) in [6.45, 7) is 3.48. The topological polar surface area (TPSA) is 96.9 Å². The van der Waals surface area contributed by atoms with Gasteiger partial charge in [-0.1, -0.05) is 21.1 Å². The molecule has 0 fully saturated rings. The highest BCUT2D eigenvalue weighted by molar-refractivity contribution is 9.10. The summed E-state index contributed by atoms with van der Waals surface area (Å²) in [5.41, 5.74) is 6.33. The van der Waals surface area contributed by atoms with Crippen molar-refractivity contribution in [2.24, 2.45) is 10.9 Å². The summed E-state index contributed by atoms with van der Waals surface area (Å²) in [5, 5.41) is 14.1.